The second-order valence-electron chi connectivity index (χ2n) is 4.22. The summed E-state index contributed by atoms with van der Waals surface area (Å²) in [5.41, 5.74) is -0.886. The fourth-order valence-corrected chi connectivity index (χ4v) is 1.62. The Morgan fingerprint density at radius 2 is 1.86 bits per heavy atom. The topological polar surface area (TPSA) is 51.2 Å². The van der Waals surface area contributed by atoms with Crippen molar-refractivity contribution in [2.45, 2.75) is 6.18 Å². The standard InChI is InChI=1S/C14H10ClF3N2O2/c15-10-2-4-11(5-3-10)22-8-13(21)20-12-6-1-9(7-19-12)14(16,17)18/h1-7H,8H2,(H,19,20,21). The van der Waals surface area contributed by atoms with E-state index in [-0.39, 0.29) is 12.4 Å². The zero-order chi connectivity index (χ0) is 16.2. The molecule has 0 atom stereocenters. The van der Waals surface area contributed by atoms with E-state index >= 15 is 0 Å². The van der Waals surface area contributed by atoms with Gasteiger partial charge in [-0.1, -0.05) is 11.6 Å². The van der Waals surface area contributed by atoms with Gasteiger partial charge < -0.3 is 10.1 Å². The number of amides is 1. The third-order valence-electron chi connectivity index (χ3n) is 2.54. The van der Waals surface area contributed by atoms with E-state index in [2.05, 4.69) is 10.3 Å². The Labute approximate surface area is 128 Å². The van der Waals surface area contributed by atoms with Crippen LogP contribution in [0.1, 0.15) is 5.56 Å². The van der Waals surface area contributed by atoms with Crippen molar-refractivity contribution in [2.24, 2.45) is 0 Å². The molecule has 0 aliphatic heterocycles. The van der Waals surface area contributed by atoms with Gasteiger partial charge in [0.05, 0.1) is 5.56 Å². The molecule has 0 fully saturated rings. The Balaban J connectivity index is 1.88. The molecule has 4 nitrogen and oxygen atoms in total. The molecule has 0 spiro atoms. The SMILES string of the molecule is O=C(COc1ccc(Cl)cc1)Nc1ccc(C(F)(F)F)cn1. The summed E-state index contributed by atoms with van der Waals surface area (Å²) >= 11 is 5.70. The van der Waals surface area contributed by atoms with Gasteiger partial charge in [-0.25, -0.2) is 4.98 Å². The number of benzene rings is 1. The average Bonchev–Trinajstić information content (AvgIpc) is 2.46. The van der Waals surface area contributed by atoms with E-state index in [1.807, 2.05) is 0 Å². The first kappa shape index (κ1) is 16.1. The number of ether oxygens (including phenoxy) is 1. The molecule has 0 aliphatic rings. The lowest BCUT2D eigenvalue weighted by atomic mass is 10.3. The molecule has 0 saturated heterocycles. The fraction of sp³-hybridized carbons (Fsp3) is 0.143. The maximum absolute atomic E-state index is 12.4. The molecule has 2 aromatic rings. The Morgan fingerprint density at radius 3 is 2.41 bits per heavy atom. The number of hydrogen-bond donors (Lipinski definition) is 1. The first-order valence-electron chi connectivity index (χ1n) is 6.06. The molecule has 1 aromatic heterocycles. The van der Waals surface area contributed by atoms with Crippen molar-refractivity contribution in [2.75, 3.05) is 11.9 Å². The number of anilines is 1. The maximum Gasteiger partial charge on any atom is 0.417 e. The van der Waals surface area contributed by atoms with Crippen molar-refractivity contribution < 1.29 is 22.7 Å². The van der Waals surface area contributed by atoms with Crippen LogP contribution in [0.25, 0.3) is 0 Å². The molecule has 0 unspecified atom stereocenters. The number of hydrogen-bond acceptors (Lipinski definition) is 3. The van der Waals surface area contributed by atoms with E-state index in [9.17, 15) is 18.0 Å². The van der Waals surface area contributed by atoms with E-state index in [0.29, 0.717) is 17.0 Å². The lowest BCUT2D eigenvalue weighted by Crippen LogP contribution is -2.21. The predicted octanol–water partition coefficient (Wildman–Crippen LogP) is 3.77. The number of halogens is 4. The number of aromatic nitrogens is 1. The molecule has 0 bridgehead atoms. The summed E-state index contributed by atoms with van der Waals surface area (Å²) in [5.74, 6) is -0.0835. The minimum Gasteiger partial charge on any atom is -0.484 e. The molecule has 22 heavy (non-hydrogen) atoms. The number of carbonyl (C=O) groups is 1. The molecular formula is C14H10ClF3N2O2. The summed E-state index contributed by atoms with van der Waals surface area (Å²) in [6, 6.07) is 8.29. The molecule has 8 heteroatoms. The maximum atomic E-state index is 12.4. The summed E-state index contributed by atoms with van der Waals surface area (Å²) in [7, 11) is 0. The van der Waals surface area contributed by atoms with Crippen molar-refractivity contribution in [1.82, 2.24) is 4.98 Å². The van der Waals surface area contributed by atoms with Gasteiger partial charge >= 0.3 is 6.18 Å². The van der Waals surface area contributed by atoms with Gasteiger partial charge in [0.15, 0.2) is 6.61 Å². The smallest absolute Gasteiger partial charge is 0.417 e. The van der Waals surface area contributed by atoms with Crippen LogP contribution in [0, 0.1) is 0 Å². The van der Waals surface area contributed by atoms with Crippen LogP contribution in [-0.2, 0) is 11.0 Å². The van der Waals surface area contributed by atoms with Gasteiger partial charge in [0, 0.05) is 11.2 Å². The third-order valence-corrected chi connectivity index (χ3v) is 2.79. The van der Waals surface area contributed by atoms with Gasteiger partial charge in [-0.2, -0.15) is 13.2 Å². The molecule has 0 aliphatic carbocycles. The Hall–Kier alpha value is -2.28. The molecule has 1 heterocycles. The van der Waals surface area contributed by atoms with Crippen LogP contribution in [-0.4, -0.2) is 17.5 Å². The normalized spacial score (nSPS) is 11.1. The molecule has 1 aromatic carbocycles. The Morgan fingerprint density at radius 1 is 1.18 bits per heavy atom. The minimum atomic E-state index is -4.47. The predicted molar refractivity (Wildman–Crippen MR) is 74.8 cm³/mol. The van der Waals surface area contributed by atoms with Gasteiger partial charge in [0.25, 0.3) is 5.91 Å². The first-order chi connectivity index (χ1) is 10.3. The van der Waals surface area contributed by atoms with E-state index in [0.717, 1.165) is 12.1 Å². The second kappa shape index (κ2) is 6.65. The summed E-state index contributed by atoms with van der Waals surface area (Å²) < 4.78 is 42.3. The highest BCUT2D eigenvalue weighted by Gasteiger charge is 2.30. The highest BCUT2D eigenvalue weighted by molar-refractivity contribution is 6.30. The second-order valence-corrected chi connectivity index (χ2v) is 4.66. The summed E-state index contributed by atoms with van der Waals surface area (Å²) in [4.78, 5) is 15.1. The minimum absolute atomic E-state index is 0.0118. The Kier molecular flexibility index (Phi) is 4.87. The zero-order valence-corrected chi connectivity index (χ0v) is 11.8. The summed E-state index contributed by atoms with van der Waals surface area (Å²) in [6.45, 7) is -0.301. The van der Waals surface area contributed by atoms with Gasteiger partial charge in [-0.15, -0.1) is 0 Å². The van der Waals surface area contributed by atoms with Crippen LogP contribution in [0.2, 0.25) is 5.02 Å². The summed E-state index contributed by atoms with van der Waals surface area (Å²) in [5, 5.41) is 2.87. The van der Waals surface area contributed by atoms with Crippen LogP contribution in [0.3, 0.4) is 0 Å². The monoisotopic (exact) mass is 330 g/mol. The highest BCUT2D eigenvalue weighted by atomic mass is 35.5. The van der Waals surface area contributed by atoms with Crippen molar-refractivity contribution in [1.29, 1.82) is 0 Å². The largest absolute Gasteiger partial charge is 0.484 e. The number of nitrogens with zero attached hydrogens (tertiary/aromatic N) is 1. The van der Waals surface area contributed by atoms with Gasteiger partial charge in [0.1, 0.15) is 11.6 Å². The van der Waals surface area contributed by atoms with E-state index in [1.165, 1.54) is 0 Å². The van der Waals surface area contributed by atoms with Crippen molar-refractivity contribution in [3.63, 3.8) is 0 Å². The molecule has 116 valence electrons. The summed E-state index contributed by atoms with van der Waals surface area (Å²) in [6.07, 6.45) is -3.82. The lowest BCUT2D eigenvalue weighted by molar-refractivity contribution is -0.137. The van der Waals surface area contributed by atoms with Crippen LogP contribution < -0.4 is 10.1 Å². The number of nitrogens with one attached hydrogen (secondary N) is 1. The van der Waals surface area contributed by atoms with Gasteiger partial charge in [0.2, 0.25) is 0 Å². The molecule has 1 N–H and O–H groups in total. The van der Waals surface area contributed by atoms with Crippen LogP contribution >= 0.6 is 11.6 Å². The number of alkyl halides is 3. The van der Waals surface area contributed by atoms with Crippen molar-refractivity contribution in [3.05, 3.63) is 53.2 Å². The average molecular weight is 331 g/mol. The molecule has 1 amide bonds. The van der Waals surface area contributed by atoms with Crippen molar-refractivity contribution >= 4 is 23.3 Å². The highest BCUT2D eigenvalue weighted by Crippen LogP contribution is 2.28. The van der Waals surface area contributed by atoms with Crippen LogP contribution in [0.5, 0.6) is 5.75 Å². The fourth-order valence-electron chi connectivity index (χ4n) is 1.49. The van der Waals surface area contributed by atoms with Gasteiger partial charge in [-0.3, -0.25) is 4.79 Å². The quantitative estimate of drug-likeness (QED) is 0.928. The Bertz CT molecular complexity index is 643. The number of rotatable bonds is 4. The van der Waals surface area contributed by atoms with Crippen molar-refractivity contribution in [3.8, 4) is 5.75 Å². The number of pyridine rings is 1. The number of carbonyl (C=O) groups excluding carboxylic acids is 1. The van der Waals surface area contributed by atoms with Crippen LogP contribution in [0.15, 0.2) is 42.6 Å². The molecular weight excluding hydrogens is 321 g/mol. The first-order valence-corrected chi connectivity index (χ1v) is 6.44. The van der Waals surface area contributed by atoms with E-state index in [4.69, 9.17) is 16.3 Å². The zero-order valence-electron chi connectivity index (χ0n) is 11.0. The molecule has 2 rings (SSSR count). The van der Waals surface area contributed by atoms with Gasteiger partial charge in [-0.05, 0) is 36.4 Å². The molecule has 0 saturated carbocycles. The van der Waals surface area contributed by atoms with E-state index in [1.54, 1.807) is 24.3 Å². The van der Waals surface area contributed by atoms with E-state index < -0.39 is 17.6 Å². The molecule has 0 radical (unpaired) electrons. The van der Waals surface area contributed by atoms with Crippen LogP contribution in [0.4, 0.5) is 19.0 Å². The lowest BCUT2D eigenvalue weighted by Gasteiger charge is -2.09. The third kappa shape index (κ3) is 4.63.